The minimum atomic E-state index is -0.0156. The van der Waals surface area contributed by atoms with Crippen LogP contribution >= 0.6 is 27.3 Å². The molecule has 2 rings (SSSR count). The maximum Gasteiger partial charge on any atom is 0.0820 e. The third-order valence-electron chi connectivity index (χ3n) is 3.14. The van der Waals surface area contributed by atoms with Gasteiger partial charge in [0.25, 0.3) is 0 Å². The molecule has 1 nitrogen and oxygen atoms in total. The molecule has 0 saturated carbocycles. The van der Waals surface area contributed by atoms with Crippen molar-refractivity contribution in [3.05, 3.63) is 21.4 Å². The van der Waals surface area contributed by atoms with Gasteiger partial charge >= 0.3 is 0 Å². The average Bonchev–Trinajstić information content (AvgIpc) is 2.73. The molecule has 3 heteroatoms. The number of thiophene rings is 1. The van der Waals surface area contributed by atoms with Crippen molar-refractivity contribution >= 4 is 27.3 Å². The van der Waals surface area contributed by atoms with Crippen LogP contribution in [0.4, 0.5) is 0 Å². The number of alkyl halides is 1. The lowest BCUT2D eigenvalue weighted by Gasteiger charge is -2.29. The standard InChI is InChI=1S/C12H17BrOS/c1-8-7-10(9(2)15-8)11(13)12(3)5-4-6-14-12/h7,11H,4-6H2,1-3H3. The van der Waals surface area contributed by atoms with Gasteiger partial charge in [0.2, 0.25) is 0 Å². The summed E-state index contributed by atoms with van der Waals surface area (Å²) in [6.45, 7) is 7.48. The van der Waals surface area contributed by atoms with Crippen LogP contribution in [-0.2, 0) is 4.74 Å². The number of ether oxygens (including phenoxy) is 1. The van der Waals surface area contributed by atoms with E-state index in [0.717, 1.165) is 13.0 Å². The van der Waals surface area contributed by atoms with Gasteiger partial charge in [-0.15, -0.1) is 11.3 Å². The van der Waals surface area contributed by atoms with Crippen molar-refractivity contribution in [2.45, 2.75) is 44.0 Å². The van der Waals surface area contributed by atoms with Gasteiger partial charge in [-0.3, -0.25) is 0 Å². The quantitative estimate of drug-likeness (QED) is 0.735. The van der Waals surface area contributed by atoms with Gasteiger partial charge in [0.05, 0.1) is 10.4 Å². The molecule has 1 aromatic heterocycles. The molecule has 84 valence electrons. The van der Waals surface area contributed by atoms with Crippen LogP contribution in [-0.4, -0.2) is 12.2 Å². The molecule has 15 heavy (non-hydrogen) atoms. The van der Waals surface area contributed by atoms with Gasteiger partial charge in [-0.05, 0) is 45.2 Å². The lowest BCUT2D eigenvalue weighted by atomic mass is 9.94. The van der Waals surface area contributed by atoms with Crippen LogP contribution in [0.3, 0.4) is 0 Å². The smallest absolute Gasteiger partial charge is 0.0820 e. The van der Waals surface area contributed by atoms with Gasteiger partial charge in [-0.1, -0.05) is 15.9 Å². The van der Waals surface area contributed by atoms with Gasteiger partial charge in [-0.25, -0.2) is 0 Å². The van der Waals surface area contributed by atoms with Gasteiger partial charge in [0.1, 0.15) is 0 Å². The number of halogens is 1. The Morgan fingerprint density at radius 2 is 2.27 bits per heavy atom. The number of hydrogen-bond acceptors (Lipinski definition) is 2. The normalized spacial score (nSPS) is 28.3. The molecule has 1 aliphatic rings. The summed E-state index contributed by atoms with van der Waals surface area (Å²) in [5, 5.41) is 0. The van der Waals surface area contributed by atoms with Crippen molar-refractivity contribution in [1.29, 1.82) is 0 Å². The molecule has 0 N–H and O–H groups in total. The second-order valence-corrected chi connectivity index (χ2v) is 6.87. The Bertz CT molecular complexity index is 353. The zero-order valence-corrected chi connectivity index (χ0v) is 11.9. The summed E-state index contributed by atoms with van der Waals surface area (Å²) < 4.78 is 5.88. The van der Waals surface area contributed by atoms with Gasteiger partial charge in [0.15, 0.2) is 0 Å². The number of hydrogen-bond donors (Lipinski definition) is 0. The molecule has 1 saturated heterocycles. The molecule has 0 radical (unpaired) electrons. The van der Waals surface area contributed by atoms with Crippen LogP contribution in [0.2, 0.25) is 0 Å². The summed E-state index contributed by atoms with van der Waals surface area (Å²) in [4.78, 5) is 3.12. The molecule has 0 aliphatic carbocycles. The van der Waals surface area contributed by atoms with Crippen molar-refractivity contribution in [3.63, 3.8) is 0 Å². The molecule has 0 amide bonds. The maximum absolute atomic E-state index is 5.88. The summed E-state index contributed by atoms with van der Waals surface area (Å²) in [7, 11) is 0. The summed E-state index contributed by atoms with van der Waals surface area (Å²) in [6.07, 6.45) is 2.33. The van der Waals surface area contributed by atoms with Crippen LogP contribution in [0.5, 0.6) is 0 Å². The molecule has 0 aromatic carbocycles. The molecule has 1 aromatic rings. The molecule has 0 spiro atoms. The predicted octanol–water partition coefficient (Wildman–Crippen LogP) is 4.37. The number of rotatable bonds is 2. The largest absolute Gasteiger partial charge is 0.374 e. The minimum Gasteiger partial charge on any atom is -0.374 e. The van der Waals surface area contributed by atoms with Gasteiger partial charge in [0, 0.05) is 16.4 Å². The monoisotopic (exact) mass is 288 g/mol. The summed E-state index contributed by atoms with van der Waals surface area (Å²) in [6, 6.07) is 2.28. The highest BCUT2D eigenvalue weighted by atomic mass is 79.9. The van der Waals surface area contributed by atoms with E-state index in [2.05, 4.69) is 42.8 Å². The summed E-state index contributed by atoms with van der Waals surface area (Å²) in [5.74, 6) is 0. The van der Waals surface area contributed by atoms with Crippen LogP contribution in [0.25, 0.3) is 0 Å². The molecular weight excluding hydrogens is 272 g/mol. The Kier molecular flexibility index (Phi) is 3.25. The third kappa shape index (κ3) is 2.15. The summed E-state index contributed by atoms with van der Waals surface area (Å²) >= 11 is 5.68. The van der Waals surface area contributed by atoms with E-state index >= 15 is 0 Å². The molecule has 2 unspecified atom stereocenters. The third-order valence-corrected chi connectivity index (χ3v) is 5.58. The van der Waals surface area contributed by atoms with Crippen LogP contribution < -0.4 is 0 Å². The molecular formula is C12H17BrOS. The zero-order chi connectivity index (χ0) is 11.1. The van der Waals surface area contributed by atoms with E-state index in [1.165, 1.54) is 21.7 Å². The van der Waals surface area contributed by atoms with Gasteiger partial charge in [-0.2, -0.15) is 0 Å². The van der Waals surface area contributed by atoms with Crippen molar-refractivity contribution in [2.24, 2.45) is 0 Å². The van der Waals surface area contributed by atoms with E-state index in [1.807, 2.05) is 11.3 Å². The number of aryl methyl sites for hydroxylation is 2. The van der Waals surface area contributed by atoms with E-state index in [0.29, 0.717) is 4.83 Å². The Hall–Kier alpha value is 0.140. The average molecular weight is 289 g/mol. The topological polar surface area (TPSA) is 9.23 Å². The van der Waals surface area contributed by atoms with Crippen molar-refractivity contribution < 1.29 is 4.74 Å². The van der Waals surface area contributed by atoms with E-state index in [9.17, 15) is 0 Å². The Morgan fingerprint density at radius 1 is 1.53 bits per heavy atom. The first-order valence-electron chi connectivity index (χ1n) is 5.38. The fourth-order valence-corrected chi connectivity index (χ4v) is 4.18. The molecule has 0 bridgehead atoms. The van der Waals surface area contributed by atoms with Crippen molar-refractivity contribution in [3.8, 4) is 0 Å². The SMILES string of the molecule is Cc1cc(C(Br)C2(C)CCCO2)c(C)s1. The van der Waals surface area contributed by atoms with Crippen LogP contribution in [0, 0.1) is 13.8 Å². The Labute approximate surface area is 104 Å². The first-order chi connectivity index (χ1) is 7.03. The van der Waals surface area contributed by atoms with E-state index in [1.54, 1.807) is 0 Å². The molecule has 2 atom stereocenters. The van der Waals surface area contributed by atoms with E-state index in [-0.39, 0.29) is 5.60 Å². The van der Waals surface area contributed by atoms with E-state index in [4.69, 9.17) is 4.74 Å². The van der Waals surface area contributed by atoms with E-state index < -0.39 is 0 Å². The second-order valence-electron chi connectivity index (χ2n) is 4.50. The zero-order valence-electron chi connectivity index (χ0n) is 9.47. The highest BCUT2D eigenvalue weighted by molar-refractivity contribution is 9.09. The lowest BCUT2D eigenvalue weighted by Crippen LogP contribution is -2.28. The fraction of sp³-hybridized carbons (Fsp3) is 0.667. The molecule has 1 aliphatic heterocycles. The Balaban J connectivity index is 2.27. The first kappa shape index (κ1) is 11.6. The highest BCUT2D eigenvalue weighted by Crippen LogP contribution is 2.45. The fourth-order valence-electron chi connectivity index (χ4n) is 2.23. The molecule has 2 heterocycles. The predicted molar refractivity (Wildman–Crippen MR) is 69.1 cm³/mol. The molecule has 1 fully saturated rings. The van der Waals surface area contributed by atoms with Crippen molar-refractivity contribution in [2.75, 3.05) is 6.61 Å². The maximum atomic E-state index is 5.88. The first-order valence-corrected chi connectivity index (χ1v) is 7.11. The van der Waals surface area contributed by atoms with Crippen molar-refractivity contribution in [1.82, 2.24) is 0 Å². The van der Waals surface area contributed by atoms with Gasteiger partial charge < -0.3 is 4.74 Å². The highest BCUT2D eigenvalue weighted by Gasteiger charge is 2.38. The minimum absolute atomic E-state index is 0.0156. The Morgan fingerprint density at radius 3 is 2.73 bits per heavy atom. The van der Waals surface area contributed by atoms with Crippen LogP contribution in [0.15, 0.2) is 6.07 Å². The lowest BCUT2D eigenvalue weighted by molar-refractivity contribution is 0.0197. The second kappa shape index (κ2) is 4.19. The summed E-state index contributed by atoms with van der Waals surface area (Å²) in [5.41, 5.74) is 1.39. The van der Waals surface area contributed by atoms with Crippen LogP contribution in [0.1, 0.15) is 39.9 Å².